The van der Waals surface area contributed by atoms with Crippen molar-refractivity contribution in [1.82, 2.24) is 5.32 Å². The van der Waals surface area contributed by atoms with Crippen molar-refractivity contribution < 1.29 is 4.79 Å². The number of benzene rings is 1. The van der Waals surface area contributed by atoms with Crippen LogP contribution in [0.15, 0.2) is 30.3 Å². The van der Waals surface area contributed by atoms with Gasteiger partial charge in [0.2, 0.25) is 5.91 Å². The van der Waals surface area contributed by atoms with Crippen LogP contribution in [0, 0.1) is 5.92 Å². The van der Waals surface area contributed by atoms with Crippen molar-refractivity contribution in [1.29, 1.82) is 0 Å². The summed E-state index contributed by atoms with van der Waals surface area (Å²) in [6.45, 7) is 2.84. The van der Waals surface area contributed by atoms with Crippen LogP contribution < -0.4 is 5.32 Å². The highest BCUT2D eigenvalue weighted by atomic mass is 32.2. The second-order valence-corrected chi connectivity index (χ2v) is 7.35. The molecule has 0 aliphatic heterocycles. The monoisotopic (exact) mass is 305 g/mol. The molecule has 0 heterocycles. The molecule has 1 amide bonds. The minimum atomic E-state index is 0.0247. The van der Waals surface area contributed by atoms with Crippen LogP contribution in [-0.4, -0.2) is 17.7 Å². The number of hydrogen-bond donors (Lipinski definition) is 1. The summed E-state index contributed by atoms with van der Waals surface area (Å²) >= 11 is 1.71. The lowest BCUT2D eigenvalue weighted by molar-refractivity contribution is -0.120. The van der Waals surface area contributed by atoms with E-state index in [0.717, 1.165) is 24.6 Å². The van der Waals surface area contributed by atoms with E-state index in [-0.39, 0.29) is 11.2 Å². The molecule has 1 saturated carbocycles. The maximum Gasteiger partial charge on any atom is 0.232 e. The first-order valence-electron chi connectivity index (χ1n) is 8.19. The molecule has 1 aromatic carbocycles. The van der Waals surface area contributed by atoms with Gasteiger partial charge >= 0.3 is 0 Å². The predicted octanol–water partition coefficient (Wildman–Crippen LogP) is 4.39. The van der Waals surface area contributed by atoms with Gasteiger partial charge in [0, 0.05) is 12.3 Å². The third-order valence-electron chi connectivity index (χ3n) is 4.28. The minimum Gasteiger partial charge on any atom is -0.355 e. The Morgan fingerprint density at radius 3 is 2.71 bits per heavy atom. The molecule has 1 N–H and O–H groups in total. The summed E-state index contributed by atoms with van der Waals surface area (Å²) in [6, 6.07) is 10.3. The molecule has 1 fully saturated rings. The fourth-order valence-corrected chi connectivity index (χ4v) is 3.79. The molecule has 2 rings (SSSR count). The molecule has 0 spiro atoms. The van der Waals surface area contributed by atoms with E-state index in [9.17, 15) is 4.79 Å². The lowest BCUT2D eigenvalue weighted by Crippen LogP contribution is -2.31. The summed E-state index contributed by atoms with van der Waals surface area (Å²) in [5, 5.41) is 3.11. The third-order valence-corrected chi connectivity index (χ3v) is 5.49. The van der Waals surface area contributed by atoms with Crippen molar-refractivity contribution in [2.24, 2.45) is 5.92 Å². The lowest BCUT2D eigenvalue weighted by Gasteiger charge is -2.13. The molecule has 1 atom stereocenters. The molecule has 116 valence electrons. The second kappa shape index (κ2) is 9.14. The average molecular weight is 305 g/mol. The maximum absolute atomic E-state index is 12.0. The predicted molar refractivity (Wildman–Crippen MR) is 91.4 cm³/mol. The SMILES string of the molecule is CC(SCc1ccccc1)C(=O)NCCCC1CCCC1. The Hall–Kier alpha value is -0.960. The van der Waals surface area contributed by atoms with Crippen LogP contribution in [-0.2, 0) is 10.5 Å². The number of carbonyl (C=O) groups excluding carboxylic acids is 1. The normalized spacial score (nSPS) is 16.8. The molecule has 3 heteroatoms. The molecule has 1 aliphatic carbocycles. The fourth-order valence-electron chi connectivity index (χ4n) is 2.92. The van der Waals surface area contributed by atoms with E-state index < -0.39 is 0 Å². The number of hydrogen-bond acceptors (Lipinski definition) is 2. The second-order valence-electron chi connectivity index (χ2n) is 6.02. The highest BCUT2D eigenvalue weighted by molar-refractivity contribution is 7.99. The van der Waals surface area contributed by atoms with Crippen LogP contribution in [0.25, 0.3) is 0 Å². The van der Waals surface area contributed by atoms with Crippen molar-refractivity contribution in [2.75, 3.05) is 6.54 Å². The van der Waals surface area contributed by atoms with Crippen LogP contribution >= 0.6 is 11.8 Å². The van der Waals surface area contributed by atoms with Gasteiger partial charge in [0.1, 0.15) is 0 Å². The highest BCUT2D eigenvalue weighted by Crippen LogP contribution is 2.28. The zero-order valence-corrected chi connectivity index (χ0v) is 13.8. The fraction of sp³-hybridized carbons (Fsp3) is 0.611. The molecule has 0 radical (unpaired) electrons. The van der Waals surface area contributed by atoms with Crippen molar-refractivity contribution in [3.05, 3.63) is 35.9 Å². The van der Waals surface area contributed by atoms with E-state index in [1.165, 1.54) is 37.7 Å². The Balaban J connectivity index is 1.56. The van der Waals surface area contributed by atoms with Crippen molar-refractivity contribution >= 4 is 17.7 Å². The number of rotatable bonds is 8. The van der Waals surface area contributed by atoms with Gasteiger partial charge in [-0.15, -0.1) is 11.8 Å². The van der Waals surface area contributed by atoms with Crippen LogP contribution in [0.1, 0.15) is 51.0 Å². The van der Waals surface area contributed by atoms with Crippen LogP contribution in [0.5, 0.6) is 0 Å². The van der Waals surface area contributed by atoms with E-state index >= 15 is 0 Å². The Kier molecular flexibility index (Phi) is 7.14. The molecule has 1 aromatic rings. The van der Waals surface area contributed by atoms with Gasteiger partial charge in [0.25, 0.3) is 0 Å². The topological polar surface area (TPSA) is 29.1 Å². The quantitative estimate of drug-likeness (QED) is 0.721. The summed E-state index contributed by atoms with van der Waals surface area (Å²) in [5.41, 5.74) is 1.28. The van der Waals surface area contributed by atoms with Crippen LogP contribution in [0.2, 0.25) is 0 Å². The molecule has 2 nitrogen and oxygen atoms in total. The van der Waals surface area contributed by atoms with Gasteiger partial charge in [-0.05, 0) is 31.2 Å². The first-order valence-corrected chi connectivity index (χ1v) is 9.24. The molecule has 0 bridgehead atoms. The first-order chi connectivity index (χ1) is 10.3. The van der Waals surface area contributed by atoms with Crippen molar-refractivity contribution in [3.8, 4) is 0 Å². The summed E-state index contributed by atoms with van der Waals surface area (Å²) in [6.07, 6.45) is 8.03. The Morgan fingerprint density at radius 1 is 1.29 bits per heavy atom. The van der Waals surface area contributed by atoms with Crippen molar-refractivity contribution in [3.63, 3.8) is 0 Å². The smallest absolute Gasteiger partial charge is 0.232 e. The van der Waals surface area contributed by atoms with Gasteiger partial charge in [-0.3, -0.25) is 4.79 Å². The molecule has 1 unspecified atom stereocenters. The van der Waals surface area contributed by atoms with Crippen molar-refractivity contribution in [2.45, 2.75) is 56.5 Å². The summed E-state index contributed by atoms with van der Waals surface area (Å²) in [5.74, 6) is 2.01. The summed E-state index contributed by atoms with van der Waals surface area (Å²) < 4.78 is 0. The van der Waals surface area contributed by atoms with Gasteiger partial charge in [-0.2, -0.15) is 0 Å². The number of thioether (sulfide) groups is 1. The van der Waals surface area contributed by atoms with Gasteiger partial charge in [-0.25, -0.2) is 0 Å². The summed E-state index contributed by atoms with van der Waals surface area (Å²) in [7, 11) is 0. The highest BCUT2D eigenvalue weighted by Gasteiger charge is 2.15. The standard InChI is InChI=1S/C18H27NOS/c1-15(21-14-17-10-3-2-4-11-17)18(20)19-13-7-12-16-8-5-6-9-16/h2-4,10-11,15-16H,5-9,12-14H2,1H3,(H,19,20). The first kappa shape index (κ1) is 16.4. The number of carbonyl (C=O) groups is 1. The molecule has 21 heavy (non-hydrogen) atoms. The molecule has 1 aliphatic rings. The largest absolute Gasteiger partial charge is 0.355 e. The van der Waals surface area contributed by atoms with E-state index in [1.807, 2.05) is 25.1 Å². The Labute approximate surface area is 133 Å². The molecule has 0 saturated heterocycles. The Bertz CT molecular complexity index is 414. The van der Waals surface area contributed by atoms with Crippen LogP contribution in [0.3, 0.4) is 0 Å². The average Bonchev–Trinajstić information content (AvgIpc) is 3.03. The summed E-state index contributed by atoms with van der Waals surface area (Å²) in [4.78, 5) is 12.0. The van der Waals surface area contributed by atoms with Crippen LogP contribution in [0.4, 0.5) is 0 Å². The van der Waals surface area contributed by atoms with Gasteiger partial charge < -0.3 is 5.32 Å². The van der Waals surface area contributed by atoms with Gasteiger partial charge in [0.15, 0.2) is 0 Å². The van der Waals surface area contributed by atoms with E-state index in [4.69, 9.17) is 0 Å². The molecular formula is C18H27NOS. The van der Waals surface area contributed by atoms with Gasteiger partial charge in [-0.1, -0.05) is 56.0 Å². The molecular weight excluding hydrogens is 278 g/mol. The van der Waals surface area contributed by atoms with E-state index in [0.29, 0.717) is 0 Å². The lowest BCUT2D eigenvalue weighted by atomic mass is 10.0. The Morgan fingerprint density at radius 2 is 2.00 bits per heavy atom. The zero-order valence-electron chi connectivity index (χ0n) is 13.0. The zero-order chi connectivity index (χ0) is 14.9. The maximum atomic E-state index is 12.0. The van der Waals surface area contributed by atoms with E-state index in [1.54, 1.807) is 11.8 Å². The minimum absolute atomic E-state index is 0.0247. The third kappa shape index (κ3) is 6.13. The molecule has 0 aromatic heterocycles. The number of nitrogens with one attached hydrogen (secondary N) is 1. The van der Waals surface area contributed by atoms with Gasteiger partial charge in [0.05, 0.1) is 5.25 Å². The van der Waals surface area contributed by atoms with E-state index in [2.05, 4.69) is 17.4 Å². The number of amides is 1.